The van der Waals surface area contributed by atoms with Gasteiger partial charge in [0.15, 0.2) is 11.5 Å². The lowest BCUT2D eigenvalue weighted by molar-refractivity contribution is -0.126. The van der Waals surface area contributed by atoms with Crippen molar-refractivity contribution in [1.82, 2.24) is 5.43 Å². The van der Waals surface area contributed by atoms with Crippen LogP contribution in [0.5, 0.6) is 17.2 Å². The van der Waals surface area contributed by atoms with E-state index in [2.05, 4.69) is 10.5 Å². The number of amides is 2. The third-order valence-electron chi connectivity index (χ3n) is 4.64. The van der Waals surface area contributed by atoms with E-state index >= 15 is 0 Å². The van der Waals surface area contributed by atoms with Gasteiger partial charge in [0.05, 0.1) is 33.5 Å². The molecule has 3 rings (SSSR count). The van der Waals surface area contributed by atoms with Gasteiger partial charge < -0.3 is 19.1 Å². The molecule has 1 atom stereocenters. The Morgan fingerprint density at radius 3 is 2.34 bits per heavy atom. The Hall–Kier alpha value is -3.55. The number of hydrazone groups is 1. The Labute approximate surface area is 169 Å². The number of nitrogens with one attached hydrogen (secondary N) is 1. The lowest BCUT2D eigenvalue weighted by atomic mass is 10.1. The van der Waals surface area contributed by atoms with Gasteiger partial charge in [-0.3, -0.25) is 9.59 Å². The SMILES string of the molecule is COc1cc(/C=N\NC(=O)[C@H]2CC(=O)N(c3ccccc3)C2)cc(OC)c1OC. The van der Waals surface area contributed by atoms with E-state index in [1.165, 1.54) is 27.5 Å². The summed E-state index contributed by atoms with van der Waals surface area (Å²) in [5.41, 5.74) is 3.95. The quantitative estimate of drug-likeness (QED) is 0.572. The van der Waals surface area contributed by atoms with Gasteiger partial charge in [0.2, 0.25) is 17.6 Å². The van der Waals surface area contributed by atoms with E-state index in [1.807, 2.05) is 30.3 Å². The summed E-state index contributed by atoms with van der Waals surface area (Å²) in [6.45, 7) is 0.328. The third-order valence-corrected chi connectivity index (χ3v) is 4.64. The van der Waals surface area contributed by atoms with E-state index in [9.17, 15) is 9.59 Å². The second-order valence-electron chi connectivity index (χ2n) is 6.43. The molecule has 1 fully saturated rings. The highest BCUT2D eigenvalue weighted by Gasteiger charge is 2.35. The molecule has 1 heterocycles. The molecule has 1 N–H and O–H groups in total. The maximum absolute atomic E-state index is 12.4. The summed E-state index contributed by atoms with van der Waals surface area (Å²) < 4.78 is 15.9. The Morgan fingerprint density at radius 2 is 1.76 bits per heavy atom. The molecule has 8 heteroatoms. The van der Waals surface area contributed by atoms with E-state index in [1.54, 1.807) is 17.0 Å². The fourth-order valence-electron chi connectivity index (χ4n) is 3.18. The van der Waals surface area contributed by atoms with Crippen molar-refractivity contribution in [2.24, 2.45) is 11.0 Å². The van der Waals surface area contributed by atoms with Gasteiger partial charge in [0.25, 0.3) is 0 Å². The zero-order valence-electron chi connectivity index (χ0n) is 16.5. The molecular formula is C21H23N3O5. The Bertz CT molecular complexity index is 889. The largest absolute Gasteiger partial charge is 0.493 e. The van der Waals surface area contributed by atoms with Gasteiger partial charge in [0.1, 0.15) is 0 Å². The number of hydrogen-bond donors (Lipinski definition) is 1. The van der Waals surface area contributed by atoms with E-state index in [4.69, 9.17) is 14.2 Å². The molecule has 29 heavy (non-hydrogen) atoms. The molecule has 1 aliphatic heterocycles. The molecule has 2 aromatic carbocycles. The minimum absolute atomic E-state index is 0.0787. The van der Waals surface area contributed by atoms with Gasteiger partial charge in [0, 0.05) is 24.2 Å². The fourth-order valence-corrected chi connectivity index (χ4v) is 3.18. The van der Waals surface area contributed by atoms with Crippen LogP contribution in [0.3, 0.4) is 0 Å². The van der Waals surface area contributed by atoms with E-state index in [0.29, 0.717) is 29.4 Å². The average molecular weight is 397 g/mol. The van der Waals surface area contributed by atoms with Gasteiger partial charge in [-0.1, -0.05) is 18.2 Å². The summed E-state index contributed by atoms with van der Waals surface area (Å²) in [7, 11) is 4.57. The molecular weight excluding hydrogens is 374 g/mol. The lowest BCUT2D eigenvalue weighted by Crippen LogP contribution is -2.30. The molecule has 0 saturated carbocycles. The number of ether oxygens (including phenoxy) is 3. The second-order valence-corrected chi connectivity index (χ2v) is 6.43. The van der Waals surface area contributed by atoms with Gasteiger partial charge in [-0.15, -0.1) is 0 Å². The topological polar surface area (TPSA) is 89.5 Å². The summed E-state index contributed by atoms with van der Waals surface area (Å²) in [5.74, 6) is 0.603. The number of anilines is 1. The van der Waals surface area contributed by atoms with Crippen molar-refractivity contribution in [2.45, 2.75) is 6.42 Å². The van der Waals surface area contributed by atoms with Crippen LogP contribution in [0.4, 0.5) is 5.69 Å². The van der Waals surface area contributed by atoms with Crippen LogP contribution in [-0.2, 0) is 9.59 Å². The molecule has 0 unspecified atom stereocenters. The molecule has 8 nitrogen and oxygen atoms in total. The molecule has 0 radical (unpaired) electrons. The van der Waals surface area contributed by atoms with Crippen LogP contribution in [0.15, 0.2) is 47.6 Å². The minimum Gasteiger partial charge on any atom is -0.493 e. The van der Waals surface area contributed by atoms with E-state index < -0.39 is 5.92 Å². The normalized spacial score (nSPS) is 16.2. The van der Waals surface area contributed by atoms with Crippen LogP contribution in [-0.4, -0.2) is 45.9 Å². The summed E-state index contributed by atoms with van der Waals surface area (Å²) in [6, 6.07) is 12.7. The molecule has 0 bridgehead atoms. The predicted octanol–water partition coefficient (Wildman–Crippen LogP) is 2.22. The number of hydrogen-bond acceptors (Lipinski definition) is 6. The Morgan fingerprint density at radius 1 is 1.10 bits per heavy atom. The Balaban J connectivity index is 1.65. The number of para-hydroxylation sites is 1. The van der Waals surface area contributed by atoms with Gasteiger partial charge in [-0.25, -0.2) is 5.43 Å². The highest BCUT2D eigenvalue weighted by molar-refractivity contribution is 6.00. The highest BCUT2D eigenvalue weighted by Crippen LogP contribution is 2.37. The first-order chi connectivity index (χ1) is 14.1. The highest BCUT2D eigenvalue weighted by atomic mass is 16.5. The zero-order chi connectivity index (χ0) is 20.8. The zero-order valence-corrected chi connectivity index (χ0v) is 16.5. The van der Waals surface area contributed by atoms with Crippen molar-refractivity contribution in [3.63, 3.8) is 0 Å². The number of benzene rings is 2. The maximum Gasteiger partial charge on any atom is 0.245 e. The number of rotatable bonds is 7. The molecule has 152 valence electrons. The minimum atomic E-state index is -0.459. The smallest absolute Gasteiger partial charge is 0.245 e. The summed E-state index contributed by atoms with van der Waals surface area (Å²) in [4.78, 5) is 26.3. The van der Waals surface area contributed by atoms with Crippen molar-refractivity contribution in [2.75, 3.05) is 32.8 Å². The fraction of sp³-hybridized carbons (Fsp3) is 0.286. The van der Waals surface area contributed by atoms with Crippen molar-refractivity contribution >= 4 is 23.7 Å². The first-order valence-electron chi connectivity index (χ1n) is 9.05. The molecule has 1 aliphatic rings. The summed E-state index contributed by atoms with van der Waals surface area (Å²) in [6.07, 6.45) is 1.63. The van der Waals surface area contributed by atoms with Crippen LogP contribution in [0, 0.1) is 5.92 Å². The van der Waals surface area contributed by atoms with E-state index in [-0.39, 0.29) is 18.2 Å². The second kappa shape index (κ2) is 9.09. The molecule has 1 saturated heterocycles. The molecule has 0 aromatic heterocycles. The third kappa shape index (κ3) is 4.48. The van der Waals surface area contributed by atoms with Gasteiger partial charge >= 0.3 is 0 Å². The molecule has 2 aromatic rings. The van der Waals surface area contributed by atoms with Crippen molar-refractivity contribution < 1.29 is 23.8 Å². The van der Waals surface area contributed by atoms with Crippen LogP contribution >= 0.6 is 0 Å². The van der Waals surface area contributed by atoms with Gasteiger partial charge in [-0.05, 0) is 24.3 Å². The van der Waals surface area contributed by atoms with Crippen LogP contribution in [0.1, 0.15) is 12.0 Å². The number of nitrogens with zero attached hydrogens (tertiary/aromatic N) is 2. The molecule has 2 amide bonds. The van der Waals surface area contributed by atoms with Crippen LogP contribution < -0.4 is 24.5 Å². The van der Waals surface area contributed by atoms with Crippen molar-refractivity contribution in [1.29, 1.82) is 0 Å². The van der Waals surface area contributed by atoms with Crippen molar-refractivity contribution in [3.8, 4) is 17.2 Å². The van der Waals surface area contributed by atoms with Crippen LogP contribution in [0.25, 0.3) is 0 Å². The Kier molecular flexibility index (Phi) is 6.33. The number of carbonyl (C=O) groups is 2. The molecule has 0 aliphatic carbocycles. The monoisotopic (exact) mass is 397 g/mol. The maximum atomic E-state index is 12.4. The predicted molar refractivity (Wildman–Crippen MR) is 109 cm³/mol. The lowest BCUT2D eigenvalue weighted by Gasteiger charge is -2.16. The van der Waals surface area contributed by atoms with E-state index in [0.717, 1.165) is 5.69 Å². The average Bonchev–Trinajstić information content (AvgIpc) is 3.15. The number of carbonyl (C=O) groups excluding carboxylic acids is 2. The summed E-state index contributed by atoms with van der Waals surface area (Å²) in [5, 5.41) is 4.01. The standard InChI is InChI=1S/C21H23N3O5/c1-27-17-9-14(10-18(28-2)20(17)29-3)12-22-23-21(26)15-11-19(25)24(13-15)16-7-5-4-6-8-16/h4-10,12,15H,11,13H2,1-3H3,(H,23,26)/b22-12-/t15-/m0/s1. The first-order valence-corrected chi connectivity index (χ1v) is 9.05. The molecule has 0 spiro atoms. The summed E-state index contributed by atoms with van der Waals surface area (Å²) >= 11 is 0. The number of methoxy groups -OCH3 is 3. The van der Waals surface area contributed by atoms with Crippen molar-refractivity contribution in [3.05, 3.63) is 48.0 Å². The van der Waals surface area contributed by atoms with Gasteiger partial charge in [-0.2, -0.15) is 5.10 Å². The van der Waals surface area contributed by atoms with Crippen LogP contribution in [0.2, 0.25) is 0 Å². The first kappa shape index (κ1) is 20.2.